The number of ether oxygens (including phenoxy) is 1. The highest BCUT2D eigenvalue weighted by atomic mass is 16.5. The summed E-state index contributed by atoms with van der Waals surface area (Å²) in [5.41, 5.74) is 5.03. The van der Waals surface area contributed by atoms with Gasteiger partial charge in [0.1, 0.15) is 0 Å². The van der Waals surface area contributed by atoms with E-state index in [1.54, 1.807) is 13.0 Å². The van der Waals surface area contributed by atoms with E-state index in [0.29, 0.717) is 6.61 Å². The van der Waals surface area contributed by atoms with Gasteiger partial charge in [-0.05, 0) is 38.0 Å². The molecule has 104 valence electrons. The van der Waals surface area contributed by atoms with Gasteiger partial charge in [-0.25, -0.2) is 4.79 Å². The summed E-state index contributed by atoms with van der Waals surface area (Å²) in [4.78, 5) is 15.1. The maximum Gasteiger partial charge on any atom is 0.331 e. The summed E-state index contributed by atoms with van der Waals surface area (Å²) >= 11 is 0. The van der Waals surface area contributed by atoms with Crippen molar-refractivity contribution in [2.45, 2.75) is 20.8 Å². The van der Waals surface area contributed by atoms with Crippen LogP contribution in [0, 0.1) is 13.8 Å². The van der Waals surface area contributed by atoms with Gasteiger partial charge in [0.05, 0.1) is 6.61 Å². The first-order chi connectivity index (χ1) is 9.61. The first-order valence-electron chi connectivity index (χ1n) is 6.72. The number of H-pyrrole nitrogens is 1. The quantitative estimate of drug-likeness (QED) is 0.680. The molecule has 3 heteroatoms. The van der Waals surface area contributed by atoms with Gasteiger partial charge in [-0.1, -0.05) is 30.3 Å². The highest BCUT2D eigenvalue weighted by Crippen LogP contribution is 2.26. The molecule has 0 saturated heterocycles. The lowest BCUT2D eigenvalue weighted by atomic mass is 9.98. The molecule has 0 aliphatic heterocycles. The Kier molecular flexibility index (Phi) is 4.41. The topological polar surface area (TPSA) is 42.1 Å². The van der Waals surface area contributed by atoms with Crippen molar-refractivity contribution in [2.75, 3.05) is 6.61 Å². The third kappa shape index (κ3) is 3.18. The molecule has 0 unspecified atom stereocenters. The smallest absolute Gasteiger partial charge is 0.331 e. The lowest BCUT2D eigenvalue weighted by molar-refractivity contribution is -0.137. The van der Waals surface area contributed by atoms with Crippen LogP contribution >= 0.6 is 0 Å². The fourth-order valence-corrected chi connectivity index (χ4v) is 2.24. The first kappa shape index (κ1) is 14.1. The van der Waals surface area contributed by atoms with Crippen molar-refractivity contribution in [3.63, 3.8) is 0 Å². The van der Waals surface area contributed by atoms with Gasteiger partial charge in [0, 0.05) is 23.0 Å². The Morgan fingerprint density at radius 1 is 1.25 bits per heavy atom. The van der Waals surface area contributed by atoms with Gasteiger partial charge >= 0.3 is 5.97 Å². The third-order valence-electron chi connectivity index (χ3n) is 3.07. The Bertz CT molecular complexity index is 624. The molecular formula is C17H19NO2. The van der Waals surface area contributed by atoms with Gasteiger partial charge in [-0.15, -0.1) is 0 Å². The molecular weight excluding hydrogens is 250 g/mol. The molecule has 20 heavy (non-hydrogen) atoms. The van der Waals surface area contributed by atoms with Crippen LogP contribution in [-0.2, 0) is 9.53 Å². The van der Waals surface area contributed by atoms with Crippen LogP contribution in [0.4, 0.5) is 0 Å². The maximum atomic E-state index is 11.8. The fraction of sp³-hybridized carbons (Fsp3) is 0.235. The number of aromatic amines is 1. The van der Waals surface area contributed by atoms with E-state index in [1.807, 2.05) is 50.2 Å². The van der Waals surface area contributed by atoms with Crippen molar-refractivity contribution < 1.29 is 9.53 Å². The number of nitrogens with one attached hydrogen (secondary N) is 1. The van der Waals surface area contributed by atoms with E-state index in [1.165, 1.54) is 0 Å². The number of hydrogen-bond acceptors (Lipinski definition) is 2. The molecule has 1 heterocycles. The second kappa shape index (κ2) is 6.24. The predicted octanol–water partition coefficient (Wildman–Crippen LogP) is 3.63. The normalized spacial score (nSPS) is 11.4. The summed E-state index contributed by atoms with van der Waals surface area (Å²) < 4.78 is 5.04. The summed E-state index contributed by atoms with van der Waals surface area (Å²) in [7, 11) is 0. The molecule has 0 radical (unpaired) electrons. The number of esters is 1. The Labute approximate surface area is 119 Å². The molecule has 1 N–H and O–H groups in total. The molecule has 1 aromatic carbocycles. The Morgan fingerprint density at radius 3 is 2.50 bits per heavy atom. The average Bonchev–Trinajstić information content (AvgIpc) is 2.76. The van der Waals surface area contributed by atoms with Crippen LogP contribution in [0.15, 0.2) is 42.5 Å². The SMILES string of the molecule is CCOC(=O)/C=C(\c1ccccc1)c1cc(C)[nH]c1C. The van der Waals surface area contributed by atoms with Crippen molar-refractivity contribution in [1.29, 1.82) is 0 Å². The second-order valence-electron chi connectivity index (χ2n) is 4.67. The molecule has 2 rings (SSSR count). The zero-order valence-corrected chi connectivity index (χ0v) is 12.1. The summed E-state index contributed by atoms with van der Waals surface area (Å²) in [6, 6.07) is 11.9. The average molecular weight is 269 g/mol. The van der Waals surface area contributed by atoms with Crippen molar-refractivity contribution in [3.05, 3.63) is 65.0 Å². The highest BCUT2D eigenvalue weighted by molar-refractivity contribution is 5.96. The first-order valence-corrected chi connectivity index (χ1v) is 6.72. The Morgan fingerprint density at radius 2 is 1.95 bits per heavy atom. The molecule has 3 nitrogen and oxygen atoms in total. The summed E-state index contributed by atoms with van der Waals surface area (Å²) in [6.45, 7) is 6.19. The molecule has 0 amide bonds. The number of aromatic nitrogens is 1. The van der Waals surface area contributed by atoms with E-state index in [9.17, 15) is 4.79 Å². The summed E-state index contributed by atoms with van der Waals surface area (Å²) in [5.74, 6) is -0.315. The molecule has 0 spiro atoms. The minimum Gasteiger partial charge on any atom is -0.463 e. The number of hydrogen-bond donors (Lipinski definition) is 1. The van der Waals surface area contributed by atoms with Crippen molar-refractivity contribution in [2.24, 2.45) is 0 Å². The van der Waals surface area contributed by atoms with Crippen molar-refractivity contribution in [3.8, 4) is 0 Å². The summed E-state index contributed by atoms with van der Waals surface area (Å²) in [6.07, 6.45) is 1.56. The van der Waals surface area contributed by atoms with E-state index in [0.717, 1.165) is 28.1 Å². The molecule has 0 bridgehead atoms. The van der Waals surface area contributed by atoms with E-state index in [4.69, 9.17) is 4.74 Å². The van der Waals surface area contributed by atoms with Gasteiger partial charge < -0.3 is 9.72 Å². The highest BCUT2D eigenvalue weighted by Gasteiger charge is 2.12. The standard InChI is InChI=1S/C17H19NO2/c1-4-20-17(19)11-16(14-8-6-5-7-9-14)15-10-12(2)18-13(15)3/h5-11,18H,4H2,1-3H3/b16-11+. The van der Waals surface area contributed by atoms with Gasteiger partial charge in [-0.3, -0.25) is 0 Å². The Hall–Kier alpha value is -2.29. The van der Waals surface area contributed by atoms with Crippen LogP contribution in [0.3, 0.4) is 0 Å². The van der Waals surface area contributed by atoms with Gasteiger partial charge in [0.2, 0.25) is 0 Å². The van der Waals surface area contributed by atoms with Crippen LogP contribution in [0.25, 0.3) is 5.57 Å². The molecule has 1 aromatic heterocycles. The van der Waals surface area contributed by atoms with Crippen LogP contribution < -0.4 is 0 Å². The lowest BCUT2D eigenvalue weighted by Crippen LogP contribution is -2.02. The lowest BCUT2D eigenvalue weighted by Gasteiger charge is -2.08. The zero-order chi connectivity index (χ0) is 14.5. The van der Waals surface area contributed by atoms with Gasteiger partial charge in [0.15, 0.2) is 0 Å². The monoisotopic (exact) mass is 269 g/mol. The predicted molar refractivity (Wildman–Crippen MR) is 80.4 cm³/mol. The number of aryl methyl sites for hydroxylation is 2. The molecule has 0 aliphatic rings. The van der Waals surface area contributed by atoms with E-state index in [-0.39, 0.29) is 5.97 Å². The largest absolute Gasteiger partial charge is 0.463 e. The van der Waals surface area contributed by atoms with Crippen molar-refractivity contribution in [1.82, 2.24) is 4.98 Å². The number of rotatable bonds is 4. The van der Waals surface area contributed by atoms with Gasteiger partial charge in [0.25, 0.3) is 0 Å². The maximum absolute atomic E-state index is 11.8. The summed E-state index contributed by atoms with van der Waals surface area (Å²) in [5, 5.41) is 0. The van der Waals surface area contributed by atoms with E-state index >= 15 is 0 Å². The Balaban J connectivity index is 2.50. The van der Waals surface area contributed by atoms with Crippen LogP contribution in [0.2, 0.25) is 0 Å². The fourth-order valence-electron chi connectivity index (χ4n) is 2.24. The molecule has 0 atom stereocenters. The minimum absolute atomic E-state index is 0.315. The van der Waals surface area contributed by atoms with Crippen LogP contribution in [0.5, 0.6) is 0 Å². The van der Waals surface area contributed by atoms with E-state index < -0.39 is 0 Å². The minimum atomic E-state index is -0.315. The molecule has 0 aliphatic carbocycles. The van der Waals surface area contributed by atoms with Gasteiger partial charge in [-0.2, -0.15) is 0 Å². The number of benzene rings is 1. The van der Waals surface area contributed by atoms with E-state index in [2.05, 4.69) is 4.98 Å². The van der Waals surface area contributed by atoms with Crippen LogP contribution in [-0.4, -0.2) is 17.6 Å². The molecule has 2 aromatic rings. The van der Waals surface area contributed by atoms with Crippen molar-refractivity contribution >= 4 is 11.5 Å². The zero-order valence-electron chi connectivity index (χ0n) is 12.1. The number of carbonyl (C=O) groups is 1. The third-order valence-corrected chi connectivity index (χ3v) is 3.07. The second-order valence-corrected chi connectivity index (χ2v) is 4.67. The molecule has 0 fully saturated rings. The van der Waals surface area contributed by atoms with Crippen LogP contribution in [0.1, 0.15) is 29.4 Å². The number of carbonyl (C=O) groups excluding carboxylic acids is 1. The molecule has 0 saturated carbocycles.